The van der Waals surface area contributed by atoms with E-state index < -0.39 is 5.97 Å². The zero-order chi connectivity index (χ0) is 17.4. The molecule has 1 fully saturated rings. The highest BCUT2D eigenvalue weighted by molar-refractivity contribution is 5.98. The fourth-order valence-corrected chi connectivity index (χ4v) is 2.19. The molecule has 24 heavy (non-hydrogen) atoms. The molecule has 0 radical (unpaired) electrons. The van der Waals surface area contributed by atoms with Crippen molar-refractivity contribution in [3.8, 4) is 0 Å². The van der Waals surface area contributed by atoms with Crippen molar-refractivity contribution < 1.29 is 23.9 Å². The van der Waals surface area contributed by atoms with E-state index in [0.717, 1.165) is 0 Å². The molecule has 0 bridgehead atoms. The number of amides is 2. The summed E-state index contributed by atoms with van der Waals surface area (Å²) in [5.74, 6) is -0.823. The van der Waals surface area contributed by atoms with Crippen molar-refractivity contribution in [2.24, 2.45) is 0 Å². The lowest BCUT2D eigenvalue weighted by molar-refractivity contribution is -0.134. The number of ether oxygens (including phenoxy) is 2. The second kappa shape index (κ2) is 8.83. The Morgan fingerprint density at radius 2 is 1.79 bits per heavy atom. The Hall–Kier alpha value is -2.67. The summed E-state index contributed by atoms with van der Waals surface area (Å²) in [6, 6.07) is 6.48. The first-order valence-electron chi connectivity index (χ1n) is 7.61. The SMILES string of the molecule is COC(=O)/C=C/CNC(=O)c1ccc(C(=O)N2CCOCC2)cc1. The second-order valence-electron chi connectivity index (χ2n) is 5.12. The molecule has 1 aromatic carbocycles. The Kier molecular flexibility index (Phi) is 6.51. The number of esters is 1. The number of methoxy groups -OCH3 is 1. The number of carbonyl (C=O) groups is 3. The maximum Gasteiger partial charge on any atom is 0.330 e. The van der Waals surface area contributed by atoms with Crippen LogP contribution >= 0.6 is 0 Å². The van der Waals surface area contributed by atoms with Gasteiger partial charge in [-0.15, -0.1) is 0 Å². The van der Waals surface area contributed by atoms with E-state index in [1.807, 2.05) is 0 Å². The number of nitrogens with zero attached hydrogens (tertiary/aromatic N) is 1. The Bertz CT molecular complexity index is 618. The molecule has 1 saturated heterocycles. The standard InChI is InChI=1S/C17H20N2O5/c1-23-15(20)3-2-8-18-16(21)13-4-6-14(7-5-13)17(22)19-9-11-24-12-10-19/h2-7H,8-12H2,1H3,(H,18,21)/b3-2+. The van der Waals surface area contributed by atoms with Crippen LogP contribution in [0.5, 0.6) is 0 Å². The van der Waals surface area contributed by atoms with Gasteiger partial charge in [0.1, 0.15) is 0 Å². The van der Waals surface area contributed by atoms with Gasteiger partial charge in [-0.1, -0.05) is 6.08 Å². The Morgan fingerprint density at radius 3 is 2.42 bits per heavy atom. The number of benzene rings is 1. The van der Waals surface area contributed by atoms with Crippen LogP contribution in [0.3, 0.4) is 0 Å². The van der Waals surface area contributed by atoms with Crippen LogP contribution in [-0.4, -0.2) is 62.6 Å². The Morgan fingerprint density at radius 1 is 1.17 bits per heavy atom. The van der Waals surface area contributed by atoms with Gasteiger partial charge in [-0.25, -0.2) is 4.79 Å². The van der Waals surface area contributed by atoms with Crippen molar-refractivity contribution in [1.29, 1.82) is 0 Å². The fourth-order valence-electron chi connectivity index (χ4n) is 2.19. The highest BCUT2D eigenvalue weighted by Crippen LogP contribution is 2.09. The van der Waals surface area contributed by atoms with Crippen molar-refractivity contribution in [3.05, 3.63) is 47.5 Å². The van der Waals surface area contributed by atoms with Crippen LogP contribution in [0, 0.1) is 0 Å². The third-order valence-electron chi connectivity index (χ3n) is 3.53. The summed E-state index contributed by atoms with van der Waals surface area (Å²) < 4.78 is 9.67. The molecule has 0 atom stereocenters. The number of carbonyl (C=O) groups excluding carboxylic acids is 3. The molecule has 0 aromatic heterocycles. The minimum Gasteiger partial charge on any atom is -0.466 e. The maximum absolute atomic E-state index is 12.3. The summed E-state index contributed by atoms with van der Waals surface area (Å²) in [6.07, 6.45) is 2.74. The van der Waals surface area contributed by atoms with Crippen LogP contribution in [0.4, 0.5) is 0 Å². The molecular formula is C17H20N2O5. The minimum atomic E-state index is -0.477. The average molecular weight is 332 g/mol. The number of rotatable bonds is 5. The van der Waals surface area contributed by atoms with Crippen LogP contribution in [0.15, 0.2) is 36.4 Å². The van der Waals surface area contributed by atoms with E-state index in [1.54, 1.807) is 29.2 Å². The van der Waals surface area contributed by atoms with Gasteiger partial charge in [-0.2, -0.15) is 0 Å². The average Bonchev–Trinajstić information content (AvgIpc) is 2.65. The molecule has 7 nitrogen and oxygen atoms in total. The van der Waals surface area contributed by atoms with Crippen molar-refractivity contribution in [2.45, 2.75) is 0 Å². The number of hydrogen-bond donors (Lipinski definition) is 1. The van der Waals surface area contributed by atoms with Gasteiger partial charge in [-0.3, -0.25) is 9.59 Å². The molecular weight excluding hydrogens is 312 g/mol. The molecule has 1 aliphatic heterocycles. The van der Waals surface area contributed by atoms with E-state index >= 15 is 0 Å². The molecule has 0 saturated carbocycles. The van der Waals surface area contributed by atoms with E-state index in [4.69, 9.17) is 4.74 Å². The summed E-state index contributed by atoms with van der Waals surface area (Å²) in [4.78, 5) is 36.9. The van der Waals surface area contributed by atoms with Crippen LogP contribution in [-0.2, 0) is 14.3 Å². The third-order valence-corrected chi connectivity index (χ3v) is 3.53. The largest absolute Gasteiger partial charge is 0.466 e. The van der Waals surface area contributed by atoms with E-state index in [0.29, 0.717) is 37.4 Å². The van der Waals surface area contributed by atoms with E-state index in [9.17, 15) is 14.4 Å². The van der Waals surface area contributed by atoms with Crippen LogP contribution < -0.4 is 5.32 Å². The lowest BCUT2D eigenvalue weighted by atomic mass is 10.1. The quantitative estimate of drug-likeness (QED) is 0.631. The lowest BCUT2D eigenvalue weighted by Crippen LogP contribution is -2.40. The van der Waals surface area contributed by atoms with Gasteiger partial charge in [-0.05, 0) is 24.3 Å². The minimum absolute atomic E-state index is 0.0636. The zero-order valence-corrected chi connectivity index (χ0v) is 13.5. The summed E-state index contributed by atoms with van der Waals surface area (Å²) >= 11 is 0. The van der Waals surface area contributed by atoms with E-state index in [-0.39, 0.29) is 18.4 Å². The first kappa shape index (κ1) is 17.7. The van der Waals surface area contributed by atoms with E-state index in [2.05, 4.69) is 10.1 Å². The van der Waals surface area contributed by atoms with Gasteiger partial charge >= 0.3 is 5.97 Å². The third kappa shape index (κ3) is 4.92. The molecule has 1 aromatic rings. The molecule has 0 spiro atoms. The normalized spacial score (nSPS) is 14.5. The number of morpholine rings is 1. The fraction of sp³-hybridized carbons (Fsp3) is 0.353. The van der Waals surface area contributed by atoms with Crippen LogP contribution in [0.1, 0.15) is 20.7 Å². The van der Waals surface area contributed by atoms with Crippen molar-refractivity contribution >= 4 is 17.8 Å². The molecule has 2 amide bonds. The Labute approximate surface area is 140 Å². The topological polar surface area (TPSA) is 84.9 Å². The molecule has 1 heterocycles. The van der Waals surface area contributed by atoms with Gasteiger partial charge in [0.05, 0.1) is 20.3 Å². The summed E-state index contributed by atoms with van der Waals surface area (Å²) in [7, 11) is 1.28. The van der Waals surface area contributed by atoms with Crippen molar-refractivity contribution in [2.75, 3.05) is 40.0 Å². The monoisotopic (exact) mass is 332 g/mol. The smallest absolute Gasteiger partial charge is 0.330 e. The van der Waals surface area contributed by atoms with Crippen molar-refractivity contribution in [3.63, 3.8) is 0 Å². The molecule has 0 aliphatic carbocycles. The maximum atomic E-state index is 12.3. The molecule has 7 heteroatoms. The predicted octanol–water partition coefficient (Wildman–Crippen LogP) is 0.618. The van der Waals surface area contributed by atoms with Gasteiger partial charge in [0, 0.05) is 36.8 Å². The highest BCUT2D eigenvalue weighted by atomic mass is 16.5. The number of hydrogen-bond acceptors (Lipinski definition) is 5. The first-order chi connectivity index (χ1) is 11.6. The molecule has 0 unspecified atom stereocenters. The molecule has 128 valence electrons. The molecule has 1 aliphatic rings. The van der Waals surface area contributed by atoms with E-state index in [1.165, 1.54) is 19.3 Å². The lowest BCUT2D eigenvalue weighted by Gasteiger charge is -2.26. The van der Waals surface area contributed by atoms with Gasteiger partial charge in [0.2, 0.25) is 0 Å². The highest BCUT2D eigenvalue weighted by Gasteiger charge is 2.18. The van der Waals surface area contributed by atoms with Gasteiger partial charge < -0.3 is 19.7 Å². The van der Waals surface area contributed by atoms with Crippen LogP contribution in [0.2, 0.25) is 0 Å². The molecule has 2 rings (SSSR count). The molecule has 1 N–H and O–H groups in total. The Balaban J connectivity index is 1.88. The van der Waals surface area contributed by atoms with Crippen LogP contribution in [0.25, 0.3) is 0 Å². The summed E-state index contributed by atoms with van der Waals surface area (Å²) in [5, 5.41) is 2.65. The summed E-state index contributed by atoms with van der Waals surface area (Å²) in [6.45, 7) is 2.46. The predicted molar refractivity (Wildman–Crippen MR) is 86.7 cm³/mol. The van der Waals surface area contributed by atoms with Crippen molar-refractivity contribution in [1.82, 2.24) is 10.2 Å². The zero-order valence-electron chi connectivity index (χ0n) is 13.5. The second-order valence-corrected chi connectivity index (χ2v) is 5.12. The first-order valence-corrected chi connectivity index (χ1v) is 7.61. The van der Waals surface area contributed by atoms with Gasteiger partial charge in [0.15, 0.2) is 0 Å². The summed E-state index contributed by atoms with van der Waals surface area (Å²) in [5.41, 5.74) is 0.985. The number of nitrogens with one attached hydrogen (secondary N) is 1. The van der Waals surface area contributed by atoms with Gasteiger partial charge in [0.25, 0.3) is 11.8 Å².